The lowest BCUT2D eigenvalue weighted by Gasteiger charge is -2.44. The van der Waals surface area contributed by atoms with Crippen LogP contribution in [0, 0.1) is 5.92 Å². The third kappa shape index (κ3) is 5.17. The van der Waals surface area contributed by atoms with E-state index < -0.39 is 5.60 Å². The van der Waals surface area contributed by atoms with E-state index in [4.69, 9.17) is 14.2 Å². The maximum atomic E-state index is 12.2. The lowest BCUT2D eigenvalue weighted by molar-refractivity contribution is -0.243. The molecule has 148 valence electrons. The van der Waals surface area contributed by atoms with Crippen molar-refractivity contribution in [2.24, 2.45) is 5.92 Å². The molecule has 5 heteroatoms. The highest BCUT2D eigenvalue weighted by molar-refractivity contribution is 5.82. The first-order valence-corrected chi connectivity index (χ1v) is 9.74. The van der Waals surface area contributed by atoms with Gasteiger partial charge in [0.1, 0.15) is 11.4 Å². The summed E-state index contributed by atoms with van der Waals surface area (Å²) in [4.78, 5) is 23.8. The lowest BCUT2D eigenvalue weighted by atomic mass is 9.88. The zero-order valence-electron chi connectivity index (χ0n) is 16.9. The Morgan fingerprint density at radius 2 is 2.08 bits per heavy atom. The first-order valence-electron chi connectivity index (χ1n) is 9.74. The minimum atomic E-state index is -0.509. The molecule has 0 radical (unpaired) electrons. The van der Waals surface area contributed by atoms with Crippen LogP contribution in [0.15, 0.2) is 11.6 Å². The summed E-state index contributed by atoms with van der Waals surface area (Å²) in [6.07, 6.45) is 7.20. The molecule has 26 heavy (non-hydrogen) atoms. The van der Waals surface area contributed by atoms with Crippen LogP contribution in [0.5, 0.6) is 0 Å². The second kappa shape index (κ2) is 8.66. The molecule has 0 aromatic heterocycles. The molecule has 0 aromatic rings. The molecule has 5 nitrogen and oxygen atoms in total. The number of rotatable bonds is 9. The lowest BCUT2D eigenvalue weighted by Crippen LogP contribution is -2.53. The fourth-order valence-electron chi connectivity index (χ4n) is 3.91. The molecule has 2 aliphatic rings. The second-order valence-electron chi connectivity index (χ2n) is 8.43. The van der Waals surface area contributed by atoms with Crippen molar-refractivity contribution < 1.29 is 23.8 Å². The Bertz CT molecular complexity index is 551. The van der Waals surface area contributed by atoms with Gasteiger partial charge in [-0.2, -0.15) is 0 Å². The fraction of sp³-hybridized carbons (Fsp3) is 0.810. The van der Waals surface area contributed by atoms with Crippen molar-refractivity contribution in [1.82, 2.24) is 0 Å². The smallest absolute Gasteiger partial charge is 0.308 e. The van der Waals surface area contributed by atoms with E-state index in [1.165, 1.54) is 12.7 Å². The van der Waals surface area contributed by atoms with Crippen LogP contribution in [0.1, 0.15) is 72.6 Å². The van der Waals surface area contributed by atoms with Crippen LogP contribution >= 0.6 is 0 Å². The quantitative estimate of drug-likeness (QED) is 0.456. The average Bonchev–Trinajstić information content (AvgIpc) is 2.97. The summed E-state index contributed by atoms with van der Waals surface area (Å²) in [6, 6.07) is 0. The maximum Gasteiger partial charge on any atom is 0.308 e. The Morgan fingerprint density at radius 1 is 1.35 bits per heavy atom. The van der Waals surface area contributed by atoms with Crippen LogP contribution < -0.4 is 0 Å². The summed E-state index contributed by atoms with van der Waals surface area (Å²) in [7, 11) is 1.40. The van der Waals surface area contributed by atoms with Crippen molar-refractivity contribution >= 4 is 11.8 Å². The SMILES string of the molecule is COC(=O)C[C@@]12CC[C@@H](O1)[C@](C)(CCCC(C)C(=O)CC=C(C)C)OC2. The zero-order chi connectivity index (χ0) is 19.4. The van der Waals surface area contributed by atoms with Crippen molar-refractivity contribution in [3.05, 3.63) is 11.6 Å². The third-order valence-electron chi connectivity index (χ3n) is 5.87. The van der Waals surface area contributed by atoms with Gasteiger partial charge in [0.15, 0.2) is 0 Å². The van der Waals surface area contributed by atoms with E-state index in [9.17, 15) is 9.59 Å². The number of esters is 1. The zero-order valence-corrected chi connectivity index (χ0v) is 16.9. The Kier molecular flexibility index (Phi) is 7.03. The number of carbonyl (C=O) groups excluding carboxylic acids is 2. The van der Waals surface area contributed by atoms with Crippen LogP contribution in [0.3, 0.4) is 0 Å². The number of hydrogen-bond acceptors (Lipinski definition) is 5. The van der Waals surface area contributed by atoms with Crippen molar-refractivity contribution in [3.8, 4) is 0 Å². The van der Waals surface area contributed by atoms with Gasteiger partial charge in [0.05, 0.1) is 31.8 Å². The van der Waals surface area contributed by atoms with E-state index in [1.807, 2.05) is 26.8 Å². The predicted molar refractivity (Wildman–Crippen MR) is 99.9 cm³/mol. The molecular formula is C21H34O5. The number of allylic oxidation sites excluding steroid dienone is 2. The molecule has 4 atom stereocenters. The molecule has 2 heterocycles. The van der Waals surface area contributed by atoms with E-state index in [2.05, 4.69) is 6.92 Å². The minimum absolute atomic E-state index is 0.0117. The molecule has 0 aromatic carbocycles. The fourth-order valence-corrected chi connectivity index (χ4v) is 3.91. The van der Waals surface area contributed by atoms with Gasteiger partial charge in [0, 0.05) is 12.3 Å². The number of carbonyl (C=O) groups is 2. The van der Waals surface area contributed by atoms with Crippen molar-refractivity contribution in [2.45, 2.75) is 89.9 Å². The monoisotopic (exact) mass is 366 g/mol. The van der Waals surface area contributed by atoms with E-state index >= 15 is 0 Å². The van der Waals surface area contributed by atoms with Crippen LogP contribution in [0.2, 0.25) is 0 Å². The van der Waals surface area contributed by atoms with Gasteiger partial charge in [-0.1, -0.05) is 18.6 Å². The summed E-state index contributed by atoms with van der Waals surface area (Å²) in [5.74, 6) is 0.123. The van der Waals surface area contributed by atoms with Gasteiger partial charge < -0.3 is 14.2 Å². The standard InChI is InChI=1S/C21H34O5/c1-15(2)8-9-17(22)16(3)7-6-11-20(4)18-10-12-21(26-18,14-25-20)13-19(23)24-5/h8,16,18H,6-7,9-14H2,1-5H3/t16?,18-,20+,21-/m1/s1. The van der Waals surface area contributed by atoms with E-state index in [0.29, 0.717) is 18.8 Å². The van der Waals surface area contributed by atoms with E-state index in [0.717, 1.165) is 32.1 Å². The maximum absolute atomic E-state index is 12.2. The number of ketones is 1. The van der Waals surface area contributed by atoms with Crippen LogP contribution in [0.25, 0.3) is 0 Å². The molecule has 2 aliphatic heterocycles. The first-order chi connectivity index (χ1) is 12.2. The highest BCUT2D eigenvalue weighted by atomic mass is 16.6. The Hall–Kier alpha value is -1.20. The number of fused-ring (bicyclic) bond motifs is 2. The summed E-state index contributed by atoms with van der Waals surface area (Å²) in [5.41, 5.74) is 0.339. The molecule has 1 unspecified atom stereocenters. The van der Waals surface area contributed by atoms with Gasteiger partial charge in [0.25, 0.3) is 0 Å². The van der Waals surface area contributed by atoms with Gasteiger partial charge in [-0.05, 0) is 52.9 Å². The van der Waals surface area contributed by atoms with Crippen molar-refractivity contribution in [1.29, 1.82) is 0 Å². The largest absolute Gasteiger partial charge is 0.469 e. The summed E-state index contributed by atoms with van der Waals surface area (Å²) >= 11 is 0. The van der Waals surface area contributed by atoms with Gasteiger partial charge in [-0.3, -0.25) is 9.59 Å². The highest BCUT2D eigenvalue weighted by Crippen LogP contribution is 2.46. The topological polar surface area (TPSA) is 61.8 Å². The van der Waals surface area contributed by atoms with E-state index in [1.54, 1.807) is 0 Å². The first kappa shape index (κ1) is 21.1. The van der Waals surface area contributed by atoms with Gasteiger partial charge in [-0.15, -0.1) is 0 Å². The molecule has 2 rings (SSSR count). The van der Waals surface area contributed by atoms with E-state index in [-0.39, 0.29) is 30.0 Å². The molecule has 0 aliphatic carbocycles. The number of methoxy groups -OCH3 is 1. The summed E-state index contributed by atoms with van der Waals surface area (Å²) < 4.78 is 17.2. The van der Waals surface area contributed by atoms with Gasteiger partial charge in [0.2, 0.25) is 0 Å². The molecule has 2 saturated heterocycles. The number of Topliss-reactive ketones (excluding diaryl/α,β-unsaturated/α-hetero) is 1. The molecule has 0 N–H and O–H groups in total. The van der Waals surface area contributed by atoms with Gasteiger partial charge >= 0.3 is 5.97 Å². The molecule has 2 bridgehead atoms. The average molecular weight is 366 g/mol. The Balaban J connectivity index is 1.81. The highest BCUT2D eigenvalue weighted by Gasteiger charge is 2.54. The number of hydrogen-bond donors (Lipinski definition) is 0. The van der Waals surface area contributed by atoms with Gasteiger partial charge in [-0.25, -0.2) is 0 Å². The van der Waals surface area contributed by atoms with Crippen LogP contribution in [-0.4, -0.2) is 42.8 Å². The minimum Gasteiger partial charge on any atom is -0.469 e. The summed E-state index contributed by atoms with van der Waals surface area (Å²) in [6.45, 7) is 8.58. The molecule has 2 fully saturated rings. The summed E-state index contributed by atoms with van der Waals surface area (Å²) in [5, 5.41) is 0. The normalized spacial score (nSPS) is 31.3. The molecular weight excluding hydrogens is 332 g/mol. The molecule has 0 amide bonds. The Labute approximate surface area is 157 Å². The van der Waals surface area contributed by atoms with Crippen molar-refractivity contribution in [3.63, 3.8) is 0 Å². The number of ether oxygens (including phenoxy) is 3. The molecule has 0 spiro atoms. The van der Waals surface area contributed by atoms with Crippen LogP contribution in [0.4, 0.5) is 0 Å². The third-order valence-corrected chi connectivity index (χ3v) is 5.87. The predicted octanol–water partition coefficient (Wildman–Crippen LogP) is 3.99. The molecule has 0 saturated carbocycles. The Morgan fingerprint density at radius 3 is 2.73 bits per heavy atom. The van der Waals surface area contributed by atoms with Crippen molar-refractivity contribution in [2.75, 3.05) is 13.7 Å². The van der Waals surface area contributed by atoms with Crippen LogP contribution in [-0.2, 0) is 23.8 Å². The second-order valence-corrected chi connectivity index (χ2v) is 8.43.